The molecular formula is C44H77O8P. The van der Waals surface area contributed by atoms with Gasteiger partial charge in [0, 0.05) is 12.8 Å². The van der Waals surface area contributed by atoms with Gasteiger partial charge in [-0.05, 0) is 77.0 Å². The van der Waals surface area contributed by atoms with Gasteiger partial charge in [-0.1, -0.05) is 158 Å². The normalized spacial score (nSPS) is 13.1. The van der Waals surface area contributed by atoms with Gasteiger partial charge in [0.2, 0.25) is 0 Å². The van der Waals surface area contributed by atoms with Crippen molar-refractivity contribution in [3.8, 4) is 0 Å². The predicted molar refractivity (Wildman–Crippen MR) is 221 cm³/mol. The van der Waals surface area contributed by atoms with Crippen molar-refractivity contribution >= 4 is 19.8 Å². The van der Waals surface area contributed by atoms with Gasteiger partial charge in [-0.2, -0.15) is 0 Å². The van der Waals surface area contributed by atoms with E-state index in [0.29, 0.717) is 12.8 Å². The fourth-order valence-electron chi connectivity index (χ4n) is 5.65. The summed E-state index contributed by atoms with van der Waals surface area (Å²) in [4.78, 5) is 42.9. The van der Waals surface area contributed by atoms with E-state index in [-0.39, 0.29) is 19.4 Å². The molecule has 0 bridgehead atoms. The van der Waals surface area contributed by atoms with Crippen molar-refractivity contribution in [1.82, 2.24) is 0 Å². The minimum Gasteiger partial charge on any atom is -0.462 e. The minimum atomic E-state index is -4.76. The first-order valence-corrected chi connectivity index (χ1v) is 22.6. The molecule has 1 unspecified atom stereocenters. The Labute approximate surface area is 324 Å². The van der Waals surface area contributed by atoms with Crippen molar-refractivity contribution in [2.24, 2.45) is 0 Å². The highest BCUT2D eigenvalue weighted by Gasteiger charge is 2.22. The van der Waals surface area contributed by atoms with Crippen LogP contribution in [0, 0.1) is 0 Å². The molecule has 0 fully saturated rings. The van der Waals surface area contributed by atoms with Crippen LogP contribution in [0.25, 0.3) is 0 Å². The molecule has 53 heavy (non-hydrogen) atoms. The number of rotatable bonds is 38. The van der Waals surface area contributed by atoms with Crippen LogP contribution >= 0.6 is 7.82 Å². The predicted octanol–water partition coefficient (Wildman–Crippen LogP) is 12.9. The Morgan fingerprint density at radius 3 is 1.38 bits per heavy atom. The molecule has 0 rings (SSSR count). The lowest BCUT2D eigenvalue weighted by atomic mass is 10.1. The van der Waals surface area contributed by atoms with Crippen LogP contribution in [0.4, 0.5) is 0 Å². The molecule has 306 valence electrons. The molecule has 0 radical (unpaired) electrons. The highest BCUT2D eigenvalue weighted by Crippen LogP contribution is 2.36. The van der Waals surface area contributed by atoms with Crippen molar-refractivity contribution in [2.75, 3.05) is 13.2 Å². The lowest BCUT2D eigenvalue weighted by Gasteiger charge is -2.18. The first kappa shape index (κ1) is 50.8. The van der Waals surface area contributed by atoms with Crippen LogP contribution < -0.4 is 0 Å². The molecule has 1 atom stereocenters. The van der Waals surface area contributed by atoms with E-state index in [1.807, 2.05) is 0 Å². The topological polar surface area (TPSA) is 119 Å². The van der Waals surface area contributed by atoms with Gasteiger partial charge in [0.1, 0.15) is 6.61 Å². The largest absolute Gasteiger partial charge is 0.469 e. The van der Waals surface area contributed by atoms with Gasteiger partial charge < -0.3 is 19.3 Å². The van der Waals surface area contributed by atoms with Crippen molar-refractivity contribution < 1.29 is 37.9 Å². The molecule has 0 saturated carbocycles. The molecule has 0 aromatic rings. The fraction of sp³-hybridized carbons (Fsp3) is 0.727. The number of esters is 2. The highest BCUT2D eigenvalue weighted by atomic mass is 31.2. The van der Waals surface area contributed by atoms with Gasteiger partial charge in [0.25, 0.3) is 0 Å². The van der Waals surface area contributed by atoms with E-state index < -0.39 is 32.5 Å². The molecule has 8 nitrogen and oxygen atoms in total. The third-order valence-electron chi connectivity index (χ3n) is 8.77. The molecule has 0 spiro atoms. The number of allylic oxidation sites excluding steroid dienone is 10. The van der Waals surface area contributed by atoms with Crippen LogP contribution in [0.3, 0.4) is 0 Å². The highest BCUT2D eigenvalue weighted by molar-refractivity contribution is 7.46. The summed E-state index contributed by atoms with van der Waals surface area (Å²) in [7, 11) is -4.76. The average molecular weight is 765 g/mol. The quantitative estimate of drug-likeness (QED) is 0.0276. The average Bonchev–Trinajstić information content (AvgIpc) is 3.13. The van der Waals surface area contributed by atoms with Gasteiger partial charge in [0.05, 0.1) is 6.61 Å². The molecular weight excluding hydrogens is 687 g/mol. The van der Waals surface area contributed by atoms with E-state index in [9.17, 15) is 14.2 Å². The van der Waals surface area contributed by atoms with Crippen LogP contribution in [0.1, 0.15) is 187 Å². The molecule has 0 aliphatic carbocycles. The maximum Gasteiger partial charge on any atom is 0.469 e. The summed E-state index contributed by atoms with van der Waals surface area (Å²) in [6.07, 6.45) is 49.4. The van der Waals surface area contributed by atoms with E-state index in [4.69, 9.17) is 19.3 Å². The smallest absolute Gasteiger partial charge is 0.462 e. The lowest BCUT2D eigenvalue weighted by Crippen LogP contribution is -2.29. The number of carbonyl (C=O) groups is 2. The number of phosphoric ester groups is 1. The third-order valence-corrected chi connectivity index (χ3v) is 9.26. The van der Waals surface area contributed by atoms with Crippen molar-refractivity contribution in [3.63, 3.8) is 0 Å². The van der Waals surface area contributed by atoms with E-state index in [1.165, 1.54) is 70.6 Å². The van der Waals surface area contributed by atoms with Crippen LogP contribution in [-0.2, 0) is 28.2 Å². The second-order valence-electron chi connectivity index (χ2n) is 13.9. The van der Waals surface area contributed by atoms with E-state index in [2.05, 4.69) is 79.1 Å². The van der Waals surface area contributed by atoms with E-state index in [0.717, 1.165) is 77.0 Å². The number of phosphoric acid groups is 1. The molecule has 0 aliphatic heterocycles. The van der Waals surface area contributed by atoms with E-state index >= 15 is 0 Å². The van der Waals surface area contributed by atoms with Gasteiger partial charge in [0.15, 0.2) is 6.10 Å². The number of hydrogen-bond donors (Lipinski definition) is 2. The molecule has 0 aromatic carbocycles. The monoisotopic (exact) mass is 765 g/mol. The Bertz CT molecular complexity index is 1040. The molecule has 9 heteroatoms. The standard InChI is InChI=1S/C44H77O8P/c1-3-5-7-9-11-13-15-17-19-21-23-24-26-28-30-32-34-36-38-43(45)50-40-42(41-51-53(47,48)49)52-44(46)39-37-35-33-31-29-27-25-22-20-18-16-14-12-10-8-6-4-2/h6,8,12,14,18-21,25,27,42H,3-5,7,9-11,13,15-17,22-24,26,28-41H2,1-2H3,(H2,47,48,49)/b8-6-,14-12-,20-18-,21-19-,27-25-. The van der Waals surface area contributed by atoms with Crippen LogP contribution in [0.15, 0.2) is 60.8 Å². The zero-order chi connectivity index (χ0) is 38.9. The number of ether oxygens (including phenoxy) is 2. The SMILES string of the molecule is CC/C=C\C/C=C\C/C=C\C/C=C\CCCCCCC(=O)OC(COC(=O)CCCCCCCCC/C=C\CCCCCCCCC)COP(=O)(O)O. The second kappa shape index (κ2) is 39.4. The summed E-state index contributed by atoms with van der Waals surface area (Å²) in [5.41, 5.74) is 0. The number of carbonyl (C=O) groups excluding carboxylic acids is 2. The van der Waals surface area contributed by atoms with Gasteiger partial charge in [-0.15, -0.1) is 0 Å². The van der Waals surface area contributed by atoms with Gasteiger partial charge >= 0.3 is 19.8 Å². The first-order valence-electron chi connectivity index (χ1n) is 21.1. The minimum absolute atomic E-state index is 0.181. The summed E-state index contributed by atoms with van der Waals surface area (Å²) in [6, 6.07) is 0. The zero-order valence-corrected chi connectivity index (χ0v) is 34.5. The molecule has 0 heterocycles. The Morgan fingerprint density at radius 2 is 0.906 bits per heavy atom. The maximum atomic E-state index is 12.4. The van der Waals surface area contributed by atoms with Crippen LogP contribution in [-0.4, -0.2) is 41.0 Å². The summed E-state index contributed by atoms with van der Waals surface area (Å²) in [5, 5.41) is 0. The van der Waals surface area contributed by atoms with Gasteiger partial charge in [-0.25, -0.2) is 4.57 Å². The summed E-state index contributed by atoms with van der Waals surface area (Å²) in [5.74, 6) is -0.919. The Morgan fingerprint density at radius 1 is 0.509 bits per heavy atom. The van der Waals surface area contributed by atoms with Gasteiger partial charge in [-0.3, -0.25) is 14.1 Å². The van der Waals surface area contributed by atoms with E-state index in [1.54, 1.807) is 0 Å². The Hall–Kier alpha value is -2.25. The molecule has 0 aromatic heterocycles. The first-order chi connectivity index (χ1) is 25.8. The molecule has 2 N–H and O–H groups in total. The fourth-order valence-corrected chi connectivity index (χ4v) is 6.01. The van der Waals surface area contributed by atoms with Crippen molar-refractivity contribution in [3.05, 3.63) is 60.8 Å². The van der Waals surface area contributed by atoms with Crippen molar-refractivity contribution in [2.45, 2.75) is 193 Å². The zero-order valence-electron chi connectivity index (χ0n) is 33.6. The maximum absolute atomic E-state index is 12.4. The Kier molecular flexibility index (Phi) is 37.8. The second-order valence-corrected chi connectivity index (χ2v) is 15.2. The molecule has 0 saturated heterocycles. The number of hydrogen-bond acceptors (Lipinski definition) is 6. The third kappa shape index (κ3) is 42.4. The van der Waals surface area contributed by atoms with Crippen molar-refractivity contribution in [1.29, 1.82) is 0 Å². The number of unbranched alkanes of at least 4 members (excludes halogenated alkanes) is 18. The summed E-state index contributed by atoms with van der Waals surface area (Å²) in [6.45, 7) is 3.55. The summed E-state index contributed by atoms with van der Waals surface area (Å²) >= 11 is 0. The Balaban J connectivity index is 3.97. The lowest BCUT2D eigenvalue weighted by molar-refractivity contribution is -0.161. The van der Waals surface area contributed by atoms with Crippen LogP contribution in [0.2, 0.25) is 0 Å². The molecule has 0 amide bonds. The van der Waals surface area contributed by atoms with Crippen LogP contribution in [0.5, 0.6) is 0 Å². The summed E-state index contributed by atoms with van der Waals surface area (Å²) < 4.78 is 26.4. The molecule has 0 aliphatic rings.